The summed E-state index contributed by atoms with van der Waals surface area (Å²) >= 11 is 0. The maximum atomic E-state index is 11.7. The summed E-state index contributed by atoms with van der Waals surface area (Å²) in [6.07, 6.45) is 4.06. The number of rotatable bonds is 10. The molecule has 0 saturated heterocycles. The summed E-state index contributed by atoms with van der Waals surface area (Å²) in [7, 11) is 3.17. The Bertz CT molecular complexity index is 512. The molecule has 0 atom stereocenters. The Morgan fingerprint density at radius 2 is 1.96 bits per heavy atom. The van der Waals surface area contributed by atoms with E-state index in [1.54, 1.807) is 20.3 Å². The van der Waals surface area contributed by atoms with Crippen molar-refractivity contribution in [1.82, 2.24) is 5.32 Å². The van der Waals surface area contributed by atoms with Crippen molar-refractivity contribution in [2.45, 2.75) is 20.3 Å². The van der Waals surface area contributed by atoms with Crippen molar-refractivity contribution >= 4 is 12.0 Å². The second-order valence-electron chi connectivity index (χ2n) is 5.56. The van der Waals surface area contributed by atoms with Gasteiger partial charge in [-0.15, -0.1) is 0 Å². The van der Waals surface area contributed by atoms with E-state index in [2.05, 4.69) is 19.2 Å². The van der Waals surface area contributed by atoms with Crippen molar-refractivity contribution < 1.29 is 19.0 Å². The second-order valence-corrected chi connectivity index (χ2v) is 5.56. The van der Waals surface area contributed by atoms with Crippen LogP contribution in [0.3, 0.4) is 0 Å². The molecule has 1 amide bonds. The summed E-state index contributed by atoms with van der Waals surface area (Å²) in [6, 6.07) is 5.50. The molecule has 1 aromatic carbocycles. The number of nitrogens with one attached hydrogen (secondary N) is 1. The molecular formula is C18H27NO4. The van der Waals surface area contributed by atoms with E-state index in [-0.39, 0.29) is 5.91 Å². The molecule has 0 heterocycles. The fourth-order valence-corrected chi connectivity index (χ4v) is 1.89. The second kappa shape index (κ2) is 10.7. The van der Waals surface area contributed by atoms with Crippen LogP contribution in [0.4, 0.5) is 0 Å². The van der Waals surface area contributed by atoms with Gasteiger partial charge in [0.1, 0.15) is 0 Å². The van der Waals surface area contributed by atoms with Crippen LogP contribution in [0, 0.1) is 5.92 Å². The van der Waals surface area contributed by atoms with Crippen molar-refractivity contribution in [3.63, 3.8) is 0 Å². The van der Waals surface area contributed by atoms with Gasteiger partial charge in [-0.1, -0.05) is 19.9 Å². The average molecular weight is 321 g/mol. The number of carbonyl (C=O) groups is 1. The zero-order chi connectivity index (χ0) is 17.1. The maximum Gasteiger partial charge on any atom is 0.244 e. The SMILES string of the molecule is COc1ccc(/C=C/C(=O)NCCCOCC(C)C)cc1OC. The molecule has 1 aromatic rings. The first-order valence-corrected chi connectivity index (χ1v) is 7.82. The van der Waals surface area contributed by atoms with Gasteiger partial charge in [0, 0.05) is 25.8 Å². The molecule has 23 heavy (non-hydrogen) atoms. The van der Waals surface area contributed by atoms with E-state index < -0.39 is 0 Å². The first-order chi connectivity index (χ1) is 11.1. The Kier molecular flexibility index (Phi) is 8.83. The van der Waals surface area contributed by atoms with E-state index >= 15 is 0 Å². The minimum absolute atomic E-state index is 0.122. The summed E-state index contributed by atoms with van der Waals surface area (Å²) in [4.78, 5) is 11.7. The van der Waals surface area contributed by atoms with Gasteiger partial charge in [0.05, 0.1) is 14.2 Å². The van der Waals surface area contributed by atoms with E-state index in [1.165, 1.54) is 6.08 Å². The molecule has 0 aliphatic rings. The maximum absolute atomic E-state index is 11.7. The molecule has 0 bridgehead atoms. The van der Waals surface area contributed by atoms with Gasteiger partial charge in [0.2, 0.25) is 5.91 Å². The molecule has 0 spiro atoms. The van der Waals surface area contributed by atoms with Gasteiger partial charge in [-0.2, -0.15) is 0 Å². The van der Waals surface area contributed by atoms with Crippen LogP contribution in [0.25, 0.3) is 6.08 Å². The molecule has 5 heteroatoms. The molecule has 0 fully saturated rings. The highest BCUT2D eigenvalue weighted by atomic mass is 16.5. The quantitative estimate of drug-likeness (QED) is 0.532. The highest BCUT2D eigenvalue weighted by Gasteiger charge is 2.03. The lowest BCUT2D eigenvalue weighted by atomic mass is 10.2. The van der Waals surface area contributed by atoms with Gasteiger partial charge in [-0.25, -0.2) is 0 Å². The van der Waals surface area contributed by atoms with Crippen LogP contribution in [0.1, 0.15) is 25.8 Å². The smallest absolute Gasteiger partial charge is 0.244 e. The normalized spacial score (nSPS) is 11.0. The predicted molar refractivity (Wildman–Crippen MR) is 91.9 cm³/mol. The van der Waals surface area contributed by atoms with Crippen LogP contribution in [-0.2, 0) is 9.53 Å². The third kappa shape index (κ3) is 7.70. The van der Waals surface area contributed by atoms with E-state index in [1.807, 2.05) is 18.2 Å². The molecule has 0 aliphatic heterocycles. The van der Waals surface area contributed by atoms with Crippen molar-refractivity contribution in [2.24, 2.45) is 5.92 Å². The lowest BCUT2D eigenvalue weighted by Crippen LogP contribution is -2.23. The average Bonchev–Trinajstić information content (AvgIpc) is 2.55. The fraction of sp³-hybridized carbons (Fsp3) is 0.500. The number of hydrogen-bond acceptors (Lipinski definition) is 4. The highest BCUT2D eigenvalue weighted by Crippen LogP contribution is 2.27. The highest BCUT2D eigenvalue weighted by molar-refractivity contribution is 5.91. The Balaban J connectivity index is 2.35. The van der Waals surface area contributed by atoms with E-state index in [9.17, 15) is 4.79 Å². The van der Waals surface area contributed by atoms with Crippen molar-refractivity contribution in [3.8, 4) is 11.5 Å². The lowest BCUT2D eigenvalue weighted by Gasteiger charge is -2.08. The molecule has 0 unspecified atom stereocenters. The van der Waals surface area contributed by atoms with Crippen LogP contribution in [0.5, 0.6) is 11.5 Å². The zero-order valence-electron chi connectivity index (χ0n) is 14.4. The minimum atomic E-state index is -0.122. The molecule has 0 aromatic heterocycles. The van der Waals surface area contributed by atoms with Gasteiger partial charge in [0.15, 0.2) is 11.5 Å². The van der Waals surface area contributed by atoms with E-state index in [0.29, 0.717) is 30.6 Å². The topological polar surface area (TPSA) is 56.8 Å². The van der Waals surface area contributed by atoms with Gasteiger partial charge >= 0.3 is 0 Å². The first-order valence-electron chi connectivity index (χ1n) is 7.82. The third-order valence-electron chi connectivity index (χ3n) is 3.05. The zero-order valence-corrected chi connectivity index (χ0v) is 14.4. The van der Waals surface area contributed by atoms with Gasteiger partial charge in [-0.3, -0.25) is 4.79 Å². The molecule has 1 N–H and O–H groups in total. The van der Waals surface area contributed by atoms with Crippen molar-refractivity contribution in [3.05, 3.63) is 29.8 Å². The summed E-state index contributed by atoms with van der Waals surface area (Å²) in [5.41, 5.74) is 0.873. The standard InChI is InChI=1S/C18H27NO4/c1-14(2)13-23-11-5-10-19-18(20)9-7-15-6-8-16(21-3)17(12-15)22-4/h6-9,12,14H,5,10-11,13H2,1-4H3,(H,19,20)/b9-7+. The van der Waals surface area contributed by atoms with Gasteiger partial charge in [0.25, 0.3) is 0 Å². The largest absolute Gasteiger partial charge is 0.493 e. The number of carbonyl (C=O) groups excluding carboxylic acids is 1. The van der Waals surface area contributed by atoms with Crippen LogP contribution in [-0.4, -0.2) is 39.9 Å². The monoisotopic (exact) mass is 321 g/mol. The van der Waals surface area contributed by atoms with Crippen molar-refractivity contribution in [2.75, 3.05) is 34.0 Å². The molecule has 0 radical (unpaired) electrons. The third-order valence-corrected chi connectivity index (χ3v) is 3.05. The summed E-state index contributed by atoms with van der Waals surface area (Å²) in [6.45, 7) is 6.25. The van der Waals surface area contributed by atoms with Crippen LogP contribution in [0.15, 0.2) is 24.3 Å². The Hall–Kier alpha value is -2.01. The summed E-state index contributed by atoms with van der Waals surface area (Å²) in [5, 5.41) is 2.83. The molecule has 1 rings (SSSR count). The number of benzene rings is 1. The van der Waals surface area contributed by atoms with Crippen LogP contribution >= 0.6 is 0 Å². The summed E-state index contributed by atoms with van der Waals surface area (Å²) < 4.78 is 15.9. The van der Waals surface area contributed by atoms with Gasteiger partial charge in [-0.05, 0) is 36.1 Å². The number of amides is 1. The van der Waals surface area contributed by atoms with E-state index in [0.717, 1.165) is 18.6 Å². The first kappa shape index (κ1) is 19.0. The van der Waals surface area contributed by atoms with Gasteiger partial charge < -0.3 is 19.5 Å². The number of hydrogen-bond donors (Lipinski definition) is 1. The Morgan fingerprint density at radius 3 is 2.61 bits per heavy atom. The molecular weight excluding hydrogens is 294 g/mol. The molecule has 128 valence electrons. The fourth-order valence-electron chi connectivity index (χ4n) is 1.89. The number of ether oxygens (including phenoxy) is 3. The van der Waals surface area contributed by atoms with Crippen LogP contribution in [0.2, 0.25) is 0 Å². The predicted octanol–water partition coefficient (Wildman–Crippen LogP) is 2.90. The lowest BCUT2D eigenvalue weighted by molar-refractivity contribution is -0.116. The Labute approximate surface area is 138 Å². The molecule has 5 nitrogen and oxygen atoms in total. The van der Waals surface area contributed by atoms with E-state index in [4.69, 9.17) is 14.2 Å². The Morgan fingerprint density at radius 1 is 1.22 bits per heavy atom. The molecule has 0 aliphatic carbocycles. The van der Waals surface area contributed by atoms with Crippen LogP contribution < -0.4 is 14.8 Å². The van der Waals surface area contributed by atoms with Crippen molar-refractivity contribution in [1.29, 1.82) is 0 Å². The number of methoxy groups -OCH3 is 2. The summed E-state index contributed by atoms with van der Waals surface area (Å²) in [5.74, 6) is 1.71. The molecule has 0 saturated carbocycles. The minimum Gasteiger partial charge on any atom is -0.493 e.